The van der Waals surface area contributed by atoms with Gasteiger partial charge in [-0.05, 0) is 67.8 Å². The maximum absolute atomic E-state index is 12.4. The highest BCUT2D eigenvalue weighted by Gasteiger charge is 2.22. The molecular weight excluding hydrogens is 260 g/mol. The van der Waals surface area contributed by atoms with Crippen LogP contribution in [-0.2, 0) is 13.0 Å². The van der Waals surface area contributed by atoms with E-state index in [2.05, 4.69) is 29.7 Å². The molecule has 1 aromatic carbocycles. The van der Waals surface area contributed by atoms with Gasteiger partial charge in [-0.1, -0.05) is 19.4 Å². The number of hydrogen-bond donors (Lipinski definition) is 2. The van der Waals surface area contributed by atoms with E-state index in [9.17, 15) is 4.79 Å². The Bertz CT molecular complexity index is 504. The Balaban J connectivity index is 1.60. The van der Waals surface area contributed by atoms with Gasteiger partial charge < -0.3 is 10.6 Å². The lowest BCUT2D eigenvalue weighted by molar-refractivity contribution is 0.0921. The minimum Gasteiger partial charge on any atom is -0.349 e. The molecule has 0 spiro atoms. The largest absolute Gasteiger partial charge is 0.349 e. The maximum Gasteiger partial charge on any atom is 0.251 e. The van der Waals surface area contributed by atoms with Crippen LogP contribution in [0.4, 0.5) is 0 Å². The summed E-state index contributed by atoms with van der Waals surface area (Å²) < 4.78 is 0. The Labute approximate surface area is 127 Å². The third-order valence-corrected chi connectivity index (χ3v) is 5.11. The molecule has 1 fully saturated rings. The number of fused-ring (bicyclic) bond motifs is 1. The zero-order valence-electron chi connectivity index (χ0n) is 13.0. The van der Waals surface area contributed by atoms with Gasteiger partial charge in [-0.3, -0.25) is 4.79 Å². The van der Waals surface area contributed by atoms with Crippen LogP contribution in [0.25, 0.3) is 0 Å². The van der Waals surface area contributed by atoms with E-state index in [4.69, 9.17) is 0 Å². The van der Waals surface area contributed by atoms with Crippen LogP contribution in [0.1, 0.15) is 60.5 Å². The molecule has 2 N–H and O–H groups in total. The molecule has 0 unspecified atom stereocenters. The zero-order chi connectivity index (χ0) is 14.7. The lowest BCUT2D eigenvalue weighted by atomic mass is 9.84. The van der Waals surface area contributed by atoms with E-state index in [1.807, 2.05) is 6.07 Å². The number of hydrogen-bond acceptors (Lipinski definition) is 2. The highest BCUT2D eigenvalue weighted by Crippen LogP contribution is 2.26. The van der Waals surface area contributed by atoms with Gasteiger partial charge in [-0.2, -0.15) is 0 Å². The van der Waals surface area contributed by atoms with E-state index >= 15 is 0 Å². The predicted octanol–water partition coefficient (Wildman–Crippen LogP) is 3.03. The van der Waals surface area contributed by atoms with Crippen molar-refractivity contribution in [1.29, 1.82) is 0 Å². The molecule has 0 atom stereocenters. The predicted molar refractivity (Wildman–Crippen MR) is 85.4 cm³/mol. The van der Waals surface area contributed by atoms with Crippen LogP contribution >= 0.6 is 0 Å². The Morgan fingerprint density at radius 1 is 1.24 bits per heavy atom. The number of rotatable bonds is 3. The lowest BCUT2D eigenvalue weighted by Crippen LogP contribution is -2.37. The topological polar surface area (TPSA) is 41.1 Å². The van der Waals surface area contributed by atoms with Crippen molar-refractivity contribution >= 4 is 5.91 Å². The summed E-state index contributed by atoms with van der Waals surface area (Å²) in [5, 5.41) is 6.60. The third-order valence-electron chi connectivity index (χ3n) is 5.11. The van der Waals surface area contributed by atoms with Crippen molar-refractivity contribution in [2.75, 3.05) is 6.54 Å². The molecule has 1 aromatic rings. The van der Waals surface area contributed by atoms with Crippen LogP contribution in [0.3, 0.4) is 0 Å². The van der Waals surface area contributed by atoms with Gasteiger partial charge in [0.25, 0.3) is 5.91 Å². The number of amides is 1. The number of carbonyl (C=O) groups excluding carboxylic acids is 1. The van der Waals surface area contributed by atoms with Crippen LogP contribution in [0.2, 0.25) is 0 Å². The lowest BCUT2D eigenvalue weighted by Gasteiger charge is -2.28. The average molecular weight is 286 g/mol. The van der Waals surface area contributed by atoms with Gasteiger partial charge in [0.2, 0.25) is 0 Å². The number of nitrogens with one attached hydrogen (secondary N) is 2. The summed E-state index contributed by atoms with van der Waals surface area (Å²) in [5.41, 5.74) is 3.48. The van der Waals surface area contributed by atoms with Crippen LogP contribution in [0, 0.1) is 5.92 Å². The van der Waals surface area contributed by atoms with Crippen molar-refractivity contribution in [3.63, 3.8) is 0 Å². The summed E-state index contributed by atoms with van der Waals surface area (Å²) in [5.74, 6) is 0.969. The van der Waals surface area contributed by atoms with Crippen molar-refractivity contribution in [2.45, 2.75) is 58.0 Å². The summed E-state index contributed by atoms with van der Waals surface area (Å²) in [4.78, 5) is 12.4. The van der Waals surface area contributed by atoms with Gasteiger partial charge in [0.05, 0.1) is 0 Å². The Morgan fingerprint density at radius 2 is 2.05 bits per heavy atom. The van der Waals surface area contributed by atoms with Crippen molar-refractivity contribution in [1.82, 2.24) is 10.6 Å². The van der Waals surface area contributed by atoms with Crippen LogP contribution in [-0.4, -0.2) is 18.5 Å². The van der Waals surface area contributed by atoms with E-state index < -0.39 is 0 Å². The first-order valence-corrected chi connectivity index (χ1v) is 8.39. The molecule has 0 radical (unpaired) electrons. The monoisotopic (exact) mass is 286 g/mol. The summed E-state index contributed by atoms with van der Waals surface area (Å²) >= 11 is 0. The van der Waals surface area contributed by atoms with E-state index in [1.165, 1.54) is 30.4 Å². The fourth-order valence-corrected chi connectivity index (χ4v) is 3.61. The van der Waals surface area contributed by atoms with Gasteiger partial charge in [-0.15, -0.1) is 0 Å². The van der Waals surface area contributed by atoms with Gasteiger partial charge in [0.1, 0.15) is 0 Å². The average Bonchev–Trinajstić information content (AvgIpc) is 2.55. The summed E-state index contributed by atoms with van der Waals surface area (Å²) in [6.45, 7) is 4.20. The molecular formula is C18H26N2O. The van der Waals surface area contributed by atoms with Gasteiger partial charge in [0.15, 0.2) is 0 Å². The molecule has 0 aromatic heterocycles. The minimum absolute atomic E-state index is 0.100. The quantitative estimate of drug-likeness (QED) is 0.896. The highest BCUT2D eigenvalue weighted by molar-refractivity contribution is 5.94. The molecule has 3 heteroatoms. The molecule has 1 amide bonds. The zero-order valence-corrected chi connectivity index (χ0v) is 13.0. The standard InChI is InChI=1S/C18H26N2O/c1-2-13-3-7-17(8-4-13)20-18(21)15-6-5-14-9-10-19-12-16(14)11-15/h5-6,11,13,17,19H,2-4,7-10,12H2,1H3,(H,20,21). The summed E-state index contributed by atoms with van der Waals surface area (Å²) in [7, 11) is 0. The molecule has 1 aliphatic heterocycles. The molecule has 3 nitrogen and oxygen atoms in total. The van der Waals surface area contributed by atoms with Crippen molar-refractivity contribution < 1.29 is 4.79 Å². The van der Waals surface area contributed by atoms with E-state index in [-0.39, 0.29) is 5.91 Å². The first kappa shape index (κ1) is 14.6. The maximum atomic E-state index is 12.4. The van der Waals surface area contributed by atoms with Gasteiger partial charge in [-0.25, -0.2) is 0 Å². The van der Waals surface area contributed by atoms with E-state index in [1.54, 1.807) is 0 Å². The van der Waals surface area contributed by atoms with E-state index in [0.29, 0.717) is 6.04 Å². The fourth-order valence-electron chi connectivity index (χ4n) is 3.61. The SMILES string of the molecule is CCC1CCC(NC(=O)c2ccc3c(c2)CNCC3)CC1. The highest BCUT2D eigenvalue weighted by atomic mass is 16.1. The molecule has 2 aliphatic rings. The second-order valence-electron chi connectivity index (χ2n) is 6.51. The Kier molecular flexibility index (Phi) is 4.59. The fraction of sp³-hybridized carbons (Fsp3) is 0.611. The van der Waals surface area contributed by atoms with Crippen molar-refractivity contribution in [3.8, 4) is 0 Å². The van der Waals surface area contributed by atoms with Crippen molar-refractivity contribution in [2.24, 2.45) is 5.92 Å². The summed E-state index contributed by atoms with van der Waals surface area (Å²) in [6.07, 6.45) is 7.13. The molecule has 1 aliphatic carbocycles. The molecule has 1 heterocycles. The van der Waals surface area contributed by atoms with Crippen LogP contribution < -0.4 is 10.6 Å². The molecule has 0 saturated heterocycles. The number of benzene rings is 1. The second kappa shape index (κ2) is 6.61. The molecule has 3 rings (SSSR count). The normalized spacial score (nSPS) is 25.2. The Morgan fingerprint density at radius 3 is 2.81 bits per heavy atom. The smallest absolute Gasteiger partial charge is 0.251 e. The van der Waals surface area contributed by atoms with Gasteiger partial charge in [0, 0.05) is 18.2 Å². The molecule has 0 bridgehead atoms. The van der Waals surface area contributed by atoms with Crippen LogP contribution in [0.5, 0.6) is 0 Å². The molecule has 1 saturated carbocycles. The number of carbonyl (C=O) groups is 1. The molecule has 114 valence electrons. The Hall–Kier alpha value is -1.35. The molecule has 21 heavy (non-hydrogen) atoms. The summed E-state index contributed by atoms with van der Waals surface area (Å²) in [6, 6.07) is 6.54. The first-order valence-electron chi connectivity index (χ1n) is 8.39. The van der Waals surface area contributed by atoms with Crippen LogP contribution in [0.15, 0.2) is 18.2 Å². The van der Waals surface area contributed by atoms with E-state index in [0.717, 1.165) is 43.8 Å². The van der Waals surface area contributed by atoms with Gasteiger partial charge >= 0.3 is 0 Å². The third kappa shape index (κ3) is 3.46. The second-order valence-corrected chi connectivity index (χ2v) is 6.51. The first-order chi connectivity index (χ1) is 10.3. The van der Waals surface area contributed by atoms with Crippen molar-refractivity contribution in [3.05, 3.63) is 34.9 Å². The minimum atomic E-state index is 0.100.